The van der Waals surface area contributed by atoms with Gasteiger partial charge in [0.15, 0.2) is 6.29 Å². The van der Waals surface area contributed by atoms with Crippen LogP contribution in [0, 0.1) is 0 Å². The normalized spacial score (nSPS) is 24.5. The van der Waals surface area contributed by atoms with Crippen LogP contribution in [0.1, 0.15) is 12.8 Å². The molecule has 0 aliphatic carbocycles. The van der Waals surface area contributed by atoms with E-state index in [-0.39, 0.29) is 12.9 Å². The van der Waals surface area contributed by atoms with Crippen molar-refractivity contribution in [3.63, 3.8) is 0 Å². The van der Waals surface area contributed by atoms with Crippen LogP contribution in [0.3, 0.4) is 0 Å². The van der Waals surface area contributed by atoms with E-state index in [1.54, 1.807) is 14.2 Å². The average molecular weight is 189 g/mol. The number of hydrogen-bond donors (Lipinski definition) is 1. The van der Waals surface area contributed by atoms with Crippen molar-refractivity contribution in [1.82, 2.24) is 4.90 Å². The quantitative estimate of drug-likeness (QED) is 0.621. The number of ether oxygens (including phenoxy) is 2. The summed E-state index contributed by atoms with van der Waals surface area (Å²) in [6.07, 6.45) is 2.06. The first-order chi connectivity index (χ1) is 6.31. The largest absolute Gasteiger partial charge is 0.395 e. The summed E-state index contributed by atoms with van der Waals surface area (Å²) in [4.78, 5) is 2.22. The Balaban J connectivity index is 2.33. The van der Waals surface area contributed by atoms with Crippen molar-refractivity contribution in [2.45, 2.75) is 25.2 Å². The topological polar surface area (TPSA) is 41.9 Å². The van der Waals surface area contributed by atoms with Crippen LogP contribution in [0.2, 0.25) is 0 Å². The number of nitrogens with zero attached hydrogens (tertiary/aromatic N) is 1. The summed E-state index contributed by atoms with van der Waals surface area (Å²) >= 11 is 0. The van der Waals surface area contributed by atoms with Gasteiger partial charge in [-0.15, -0.1) is 0 Å². The van der Waals surface area contributed by atoms with E-state index in [0.29, 0.717) is 6.04 Å². The summed E-state index contributed by atoms with van der Waals surface area (Å²) in [6.45, 7) is 2.02. The molecule has 4 nitrogen and oxygen atoms in total. The summed E-state index contributed by atoms with van der Waals surface area (Å²) in [5.41, 5.74) is 0. The highest BCUT2D eigenvalue weighted by Gasteiger charge is 2.25. The minimum atomic E-state index is -0.174. The SMILES string of the molecule is COC(CN1CCC[C@@H]1CO)OC. The molecular weight excluding hydrogens is 170 g/mol. The monoisotopic (exact) mass is 189 g/mol. The van der Waals surface area contributed by atoms with Gasteiger partial charge in [-0.1, -0.05) is 0 Å². The molecule has 0 aromatic rings. The lowest BCUT2D eigenvalue weighted by Crippen LogP contribution is -2.39. The zero-order valence-corrected chi connectivity index (χ0v) is 8.40. The molecule has 0 bridgehead atoms. The number of rotatable bonds is 5. The van der Waals surface area contributed by atoms with E-state index < -0.39 is 0 Å². The lowest BCUT2D eigenvalue weighted by molar-refractivity contribution is -0.118. The van der Waals surface area contributed by atoms with Gasteiger partial charge in [0.1, 0.15) is 0 Å². The molecule has 1 heterocycles. The maximum absolute atomic E-state index is 9.07. The summed E-state index contributed by atoms with van der Waals surface area (Å²) < 4.78 is 10.2. The Morgan fingerprint density at radius 2 is 2.15 bits per heavy atom. The molecule has 1 aliphatic rings. The standard InChI is InChI=1S/C9H19NO3/c1-12-9(13-2)6-10-5-3-4-8(10)7-11/h8-9,11H,3-7H2,1-2H3/t8-/m1/s1. The molecule has 0 radical (unpaired) electrons. The molecule has 1 atom stereocenters. The predicted molar refractivity (Wildman–Crippen MR) is 49.5 cm³/mol. The summed E-state index contributed by atoms with van der Waals surface area (Å²) in [5, 5.41) is 9.07. The molecule has 0 aromatic carbocycles. The van der Waals surface area contributed by atoms with Crippen molar-refractivity contribution in [3.05, 3.63) is 0 Å². The lowest BCUT2D eigenvalue weighted by atomic mass is 10.2. The van der Waals surface area contributed by atoms with E-state index >= 15 is 0 Å². The van der Waals surface area contributed by atoms with Gasteiger partial charge in [-0.2, -0.15) is 0 Å². The fourth-order valence-corrected chi connectivity index (χ4v) is 1.78. The van der Waals surface area contributed by atoms with Gasteiger partial charge >= 0.3 is 0 Å². The summed E-state index contributed by atoms with van der Waals surface area (Å²) in [5.74, 6) is 0. The number of aliphatic hydroxyl groups excluding tert-OH is 1. The molecule has 0 saturated carbocycles. The molecular formula is C9H19NO3. The van der Waals surface area contributed by atoms with E-state index in [1.807, 2.05) is 0 Å². The molecule has 0 aromatic heterocycles. The van der Waals surface area contributed by atoms with E-state index in [0.717, 1.165) is 25.9 Å². The smallest absolute Gasteiger partial charge is 0.169 e. The Labute approximate surface area is 79.4 Å². The van der Waals surface area contributed by atoms with Gasteiger partial charge in [-0.05, 0) is 19.4 Å². The van der Waals surface area contributed by atoms with Gasteiger partial charge < -0.3 is 14.6 Å². The van der Waals surface area contributed by atoms with Gasteiger partial charge in [0.05, 0.1) is 6.61 Å². The van der Waals surface area contributed by atoms with Gasteiger partial charge in [0.25, 0.3) is 0 Å². The molecule has 0 spiro atoms. The van der Waals surface area contributed by atoms with Crippen molar-refractivity contribution in [2.75, 3.05) is 33.9 Å². The molecule has 1 saturated heterocycles. The Bertz CT molecular complexity index is 139. The first kappa shape index (κ1) is 10.9. The van der Waals surface area contributed by atoms with Gasteiger partial charge in [0, 0.05) is 26.8 Å². The molecule has 78 valence electrons. The third-order valence-corrected chi connectivity index (χ3v) is 2.62. The molecule has 1 fully saturated rings. The van der Waals surface area contributed by atoms with Gasteiger partial charge in [0.2, 0.25) is 0 Å². The Kier molecular flexibility index (Phi) is 4.66. The first-order valence-electron chi connectivity index (χ1n) is 4.72. The van der Waals surface area contributed by atoms with Gasteiger partial charge in [-0.25, -0.2) is 0 Å². The average Bonchev–Trinajstić information content (AvgIpc) is 2.61. The highest BCUT2D eigenvalue weighted by molar-refractivity contribution is 4.78. The van der Waals surface area contributed by atoms with Crippen LogP contribution in [-0.4, -0.2) is 56.3 Å². The predicted octanol–water partition coefficient (Wildman–Crippen LogP) is 0.0620. The van der Waals surface area contributed by atoms with Crippen LogP contribution in [-0.2, 0) is 9.47 Å². The van der Waals surface area contributed by atoms with Crippen molar-refractivity contribution in [2.24, 2.45) is 0 Å². The third kappa shape index (κ3) is 2.91. The van der Waals surface area contributed by atoms with Crippen LogP contribution in [0.25, 0.3) is 0 Å². The minimum absolute atomic E-state index is 0.174. The Hall–Kier alpha value is -0.160. The second-order valence-electron chi connectivity index (χ2n) is 3.37. The van der Waals surface area contributed by atoms with Crippen LogP contribution in [0.5, 0.6) is 0 Å². The fourth-order valence-electron chi connectivity index (χ4n) is 1.78. The van der Waals surface area contributed by atoms with Crippen LogP contribution >= 0.6 is 0 Å². The van der Waals surface area contributed by atoms with Crippen LogP contribution in [0.15, 0.2) is 0 Å². The van der Waals surface area contributed by atoms with Crippen molar-refractivity contribution in [1.29, 1.82) is 0 Å². The maximum atomic E-state index is 9.07. The molecule has 1 rings (SSSR count). The number of methoxy groups -OCH3 is 2. The lowest BCUT2D eigenvalue weighted by Gasteiger charge is -2.26. The van der Waals surface area contributed by atoms with Gasteiger partial charge in [-0.3, -0.25) is 4.90 Å². The number of likely N-dealkylation sites (tertiary alicyclic amines) is 1. The highest BCUT2D eigenvalue weighted by Crippen LogP contribution is 2.17. The Morgan fingerprint density at radius 1 is 1.46 bits per heavy atom. The highest BCUT2D eigenvalue weighted by atomic mass is 16.7. The molecule has 0 unspecified atom stereocenters. The Morgan fingerprint density at radius 3 is 2.69 bits per heavy atom. The maximum Gasteiger partial charge on any atom is 0.169 e. The van der Waals surface area contributed by atoms with Crippen molar-refractivity contribution >= 4 is 0 Å². The molecule has 4 heteroatoms. The molecule has 1 N–H and O–H groups in total. The summed E-state index contributed by atoms with van der Waals surface area (Å²) in [6, 6.07) is 0.299. The molecule has 1 aliphatic heterocycles. The second-order valence-corrected chi connectivity index (χ2v) is 3.37. The van der Waals surface area contributed by atoms with Crippen LogP contribution < -0.4 is 0 Å². The van der Waals surface area contributed by atoms with E-state index in [1.165, 1.54) is 0 Å². The van der Waals surface area contributed by atoms with E-state index in [2.05, 4.69) is 4.90 Å². The zero-order chi connectivity index (χ0) is 9.68. The van der Waals surface area contributed by atoms with Crippen molar-refractivity contribution in [3.8, 4) is 0 Å². The fraction of sp³-hybridized carbons (Fsp3) is 1.00. The molecule has 13 heavy (non-hydrogen) atoms. The number of hydrogen-bond acceptors (Lipinski definition) is 4. The number of aliphatic hydroxyl groups is 1. The second kappa shape index (κ2) is 5.54. The molecule has 0 amide bonds. The third-order valence-electron chi connectivity index (χ3n) is 2.62. The van der Waals surface area contributed by atoms with E-state index in [4.69, 9.17) is 14.6 Å². The van der Waals surface area contributed by atoms with Crippen LogP contribution in [0.4, 0.5) is 0 Å². The summed E-state index contributed by atoms with van der Waals surface area (Å²) in [7, 11) is 3.27. The van der Waals surface area contributed by atoms with Crippen molar-refractivity contribution < 1.29 is 14.6 Å². The van der Waals surface area contributed by atoms with E-state index in [9.17, 15) is 0 Å². The first-order valence-corrected chi connectivity index (χ1v) is 4.72. The zero-order valence-electron chi connectivity index (χ0n) is 8.40. The minimum Gasteiger partial charge on any atom is -0.395 e.